The van der Waals surface area contributed by atoms with E-state index in [0.717, 1.165) is 24.4 Å². The topological polar surface area (TPSA) is 39.4 Å². The second-order valence-corrected chi connectivity index (χ2v) is 5.00. The number of benzene rings is 1. The van der Waals surface area contributed by atoms with Crippen LogP contribution < -0.4 is 4.74 Å². The lowest BCUT2D eigenvalue weighted by atomic mass is 10.0. The first-order valence-corrected chi connectivity index (χ1v) is 6.52. The molecule has 0 aliphatic heterocycles. The number of carbonyl (C=O) groups is 1. The molecular formula is C16H16O3. The van der Waals surface area contributed by atoms with Crippen LogP contribution in [-0.2, 0) is 0 Å². The van der Waals surface area contributed by atoms with Crippen LogP contribution in [0, 0.1) is 13.8 Å². The zero-order valence-electron chi connectivity index (χ0n) is 11.1. The van der Waals surface area contributed by atoms with Crippen molar-refractivity contribution < 1.29 is 13.9 Å². The van der Waals surface area contributed by atoms with Crippen LogP contribution in [-0.4, -0.2) is 11.9 Å². The predicted octanol–water partition coefficient (Wildman–Crippen LogP) is 3.67. The summed E-state index contributed by atoms with van der Waals surface area (Å²) in [6, 6.07) is 9.11. The first-order valence-electron chi connectivity index (χ1n) is 6.52. The molecule has 3 nitrogen and oxygen atoms in total. The number of ether oxygens (including phenoxy) is 1. The largest absolute Gasteiger partial charge is 0.490 e. The van der Waals surface area contributed by atoms with Crippen molar-refractivity contribution in [3.63, 3.8) is 0 Å². The molecule has 19 heavy (non-hydrogen) atoms. The van der Waals surface area contributed by atoms with E-state index in [9.17, 15) is 4.79 Å². The molecule has 0 bridgehead atoms. The Morgan fingerprint density at radius 1 is 1.21 bits per heavy atom. The Bertz CT molecular complexity index is 603. The smallest absolute Gasteiger partial charge is 0.196 e. The maximum atomic E-state index is 12.3. The monoisotopic (exact) mass is 256 g/mol. The SMILES string of the molecule is Cc1cc(C(=O)c2ccc(OC3CC3)cc2)c(C)o1. The fourth-order valence-corrected chi connectivity index (χ4v) is 2.07. The van der Waals surface area contributed by atoms with Gasteiger partial charge in [-0.2, -0.15) is 0 Å². The molecule has 1 aliphatic carbocycles. The molecule has 1 heterocycles. The Kier molecular flexibility index (Phi) is 2.90. The van der Waals surface area contributed by atoms with E-state index in [1.165, 1.54) is 0 Å². The quantitative estimate of drug-likeness (QED) is 0.783. The van der Waals surface area contributed by atoms with Crippen LogP contribution in [0.1, 0.15) is 40.3 Å². The van der Waals surface area contributed by atoms with E-state index in [-0.39, 0.29) is 5.78 Å². The van der Waals surface area contributed by atoms with Crippen molar-refractivity contribution >= 4 is 5.78 Å². The van der Waals surface area contributed by atoms with E-state index in [4.69, 9.17) is 9.15 Å². The maximum Gasteiger partial charge on any atom is 0.196 e. The second-order valence-electron chi connectivity index (χ2n) is 5.00. The molecule has 0 amide bonds. The first-order chi connectivity index (χ1) is 9.13. The molecule has 1 aromatic carbocycles. The van der Waals surface area contributed by atoms with Crippen molar-refractivity contribution in [2.24, 2.45) is 0 Å². The van der Waals surface area contributed by atoms with Crippen LogP contribution in [0.3, 0.4) is 0 Å². The van der Waals surface area contributed by atoms with Gasteiger partial charge in [-0.15, -0.1) is 0 Å². The molecule has 0 unspecified atom stereocenters. The van der Waals surface area contributed by atoms with Gasteiger partial charge in [-0.05, 0) is 57.0 Å². The van der Waals surface area contributed by atoms with Gasteiger partial charge in [0.15, 0.2) is 5.78 Å². The number of hydrogen-bond donors (Lipinski definition) is 0. The minimum atomic E-state index is -0.00711. The van der Waals surface area contributed by atoms with Crippen molar-refractivity contribution in [3.05, 3.63) is 53.0 Å². The number of rotatable bonds is 4. The molecule has 0 atom stereocenters. The lowest BCUT2D eigenvalue weighted by Crippen LogP contribution is -2.02. The van der Waals surface area contributed by atoms with E-state index in [1.54, 1.807) is 6.07 Å². The van der Waals surface area contributed by atoms with Gasteiger partial charge in [-0.25, -0.2) is 0 Å². The molecule has 1 aliphatic rings. The average molecular weight is 256 g/mol. The molecule has 0 spiro atoms. The first kappa shape index (κ1) is 12.0. The van der Waals surface area contributed by atoms with E-state index < -0.39 is 0 Å². The van der Waals surface area contributed by atoms with Crippen molar-refractivity contribution in [1.29, 1.82) is 0 Å². The molecule has 0 radical (unpaired) electrons. The summed E-state index contributed by atoms with van der Waals surface area (Å²) in [5.41, 5.74) is 1.29. The summed E-state index contributed by atoms with van der Waals surface area (Å²) in [7, 11) is 0. The number of hydrogen-bond acceptors (Lipinski definition) is 3. The number of ketones is 1. The van der Waals surface area contributed by atoms with Gasteiger partial charge in [0.25, 0.3) is 0 Å². The molecule has 1 aromatic heterocycles. The molecule has 98 valence electrons. The average Bonchev–Trinajstić information content (AvgIpc) is 3.13. The van der Waals surface area contributed by atoms with Crippen LogP contribution in [0.25, 0.3) is 0 Å². The highest BCUT2D eigenvalue weighted by Gasteiger charge is 2.23. The van der Waals surface area contributed by atoms with Crippen molar-refractivity contribution in [3.8, 4) is 5.75 Å². The van der Waals surface area contributed by atoms with E-state index >= 15 is 0 Å². The van der Waals surface area contributed by atoms with Gasteiger partial charge in [-0.1, -0.05) is 0 Å². The van der Waals surface area contributed by atoms with Crippen LogP contribution in [0.5, 0.6) is 5.75 Å². The zero-order valence-corrected chi connectivity index (χ0v) is 11.1. The van der Waals surface area contributed by atoms with Crippen LogP contribution in [0.15, 0.2) is 34.7 Å². The van der Waals surface area contributed by atoms with Crippen molar-refractivity contribution in [2.45, 2.75) is 32.8 Å². The lowest BCUT2D eigenvalue weighted by molar-refractivity contribution is 0.103. The highest BCUT2D eigenvalue weighted by atomic mass is 16.5. The Morgan fingerprint density at radius 2 is 1.89 bits per heavy atom. The Labute approximate surface area is 112 Å². The molecule has 1 saturated carbocycles. The summed E-state index contributed by atoms with van der Waals surface area (Å²) in [6.45, 7) is 3.65. The van der Waals surface area contributed by atoms with E-state index in [1.807, 2.05) is 38.1 Å². The van der Waals surface area contributed by atoms with Gasteiger partial charge in [-0.3, -0.25) is 4.79 Å². The Hall–Kier alpha value is -2.03. The minimum Gasteiger partial charge on any atom is -0.490 e. The van der Waals surface area contributed by atoms with Gasteiger partial charge in [0, 0.05) is 5.56 Å². The van der Waals surface area contributed by atoms with Gasteiger partial charge < -0.3 is 9.15 Å². The number of furan rings is 1. The molecule has 2 aromatic rings. The highest BCUT2D eigenvalue weighted by Crippen LogP contribution is 2.27. The van der Waals surface area contributed by atoms with Gasteiger partial charge in [0.05, 0.1) is 11.7 Å². The Morgan fingerprint density at radius 3 is 2.42 bits per heavy atom. The maximum absolute atomic E-state index is 12.3. The summed E-state index contributed by atoms with van der Waals surface area (Å²) in [4.78, 5) is 12.3. The second kappa shape index (κ2) is 4.57. The van der Waals surface area contributed by atoms with E-state index in [0.29, 0.717) is 23.0 Å². The van der Waals surface area contributed by atoms with Crippen molar-refractivity contribution in [2.75, 3.05) is 0 Å². The van der Waals surface area contributed by atoms with Crippen LogP contribution in [0.4, 0.5) is 0 Å². The van der Waals surface area contributed by atoms with Crippen LogP contribution >= 0.6 is 0 Å². The molecule has 0 N–H and O–H groups in total. The summed E-state index contributed by atoms with van der Waals surface area (Å²) in [6.07, 6.45) is 2.64. The van der Waals surface area contributed by atoms with Gasteiger partial charge in [0.2, 0.25) is 0 Å². The zero-order chi connectivity index (χ0) is 13.4. The summed E-state index contributed by atoms with van der Waals surface area (Å²) in [5, 5.41) is 0. The van der Waals surface area contributed by atoms with Gasteiger partial charge in [0.1, 0.15) is 17.3 Å². The predicted molar refractivity (Wildman–Crippen MR) is 71.7 cm³/mol. The fourth-order valence-electron chi connectivity index (χ4n) is 2.07. The summed E-state index contributed by atoms with van der Waals surface area (Å²) >= 11 is 0. The summed E-state index contributed by atoms with van der Waals surface area (Å²) in [5.74, 6) is 2.25. The summed E-state index contributed by atoms with van der Waals surface area (Å²) < 4.78 is 11.1. The number of carbonyl (C=O) groups excluding carboxylic acids is 1. The van der Waals surface area contributed by atoms with Crippen molar-refractivity contribution in [1.82, 2.24) is 0 Å². The third-order valence-corrected chi connectivity index (χ3v) is 3.23. The molecule has 3 rings (SSSR count). The normalized spacial score (nSPS) is 14.4. The number of aryl methyl sites for hydroxylation is 2. The van der Waals surface area contributed by atoms with Gasteiger partial charge >= 0.3 is 0 Å². The standard InChI is InChI=1S/C16H16O3/c1-10-9-15(11(2)18-10)16(17)12-3-5-13(6-4-12)19-14-7-8-14/h3-6,9,14H,7-8H2,1-2H3. The van der Waals surface area contributed by atoms with E-state index in [2.05, 4.69) is 0 Å². The fraction of sp³-hybridized carbons (Fsp3) is 0.312. The highest BCUT2D eigenvalue weighted by molar-refractivity contribution is 6.09. The van der Waals surface area contributed by atoms with Crippen LogP contribution in [0.2, 0.25) is 0 Å². The molecule has 0 saturated heterocycles. The molecule has 3 heteroatoms. The molecule has 1 fully saturated rings. The third-order valence-electron chi connectivity index (χ3n) is 3.23. The molecular weight excluding hydrogens is 240 g/mol. The lowest BCUT2D eigenvalue weighted by Gasteiger charge is -2.05. The Balaban J connectivity index is 1.81. The third kappa shape index (κ3) is 2.55. The minimum absolute atomic E-state index is 0.00711.